The summed E-state index contributed by atoms with van der Waals surface area (Å²) in [5.74, 6) is 0.266. The van der Waals surface area contributed by atoms with E-state index in [0.29, 0.717) is 27.0 Å². The van der Waals surface area contributed by atoms with Gasteiger partial charge in [0.1, 0.15) is 10.6 Å². The van der Waals surface area contributed by atoms with Crippen LogP contribution in [-0.4, -0.2) is 27.4 Å². The summed E-state index contributed by atoms with van der Waals surface area (Å²) in [6.07, 6.45) is 5.89. The summed E-state index contributed by atoms with van der Waals surface area (Å²) in [6, 6.07) is 10.5. The van der Waals surface area contributed by atoms with Crippen molar-refractivity contribution in [3.05, 3.63) is 74.2 Å². The monoisotopic (exact) mass is 484 g/mol. The number of hydrogen-bond donors (Lipinski definition) is 1. The van der Waals surface area contributed by atoms with Crippen LogP contribution in [0.5, 0.6) is 0 Å². The number of thioether (sulfide) groups is 1. The highest BCUT2D eigenvalue weighted by Crippen LogP contribution is 2.36. The molecule has 5 rings (SSSR count). The van der Waals surface area contributed by atoms with Gasteiger partial charge in [0.15, 0.2) is 5.16 Å². The number of furan rings is 1. The molecule has 7 nitrogen and oxygen atoms in total. The molecule has 0 radical (unpaired) electrons. The number of hydrazone groups is 1. The van der Waals surface area contributed by atoms with Crippen molar-refractivity contribution in [2.75, 3.05) is 5.75 Å². The minimum atomic E-state index is -0.316. The van der Waals surface area contributed by atoms with E-state index in [2.05, 4.69) is 10.5 Å². The topological polar surface area (TPSA) is 89.5 Å². The summed E-state index contributed by atoms with van der Waals surface area (Å²) in [5, 5.41) is 5.61. The lowest BCUT2D eigenvalue weighted by atomic mass is 10.2. The number of nitrogens with zero attached hydrogens (tertiary/aromatic N) is 3. The Hall–Kier alpha value is -2.88. The summed E-state index contributed by atoms with van der Waals surface area (Å²) in [7, 11) is 0. The molecule has 3 heterocycles. The number of hydrogen-bond acceptors (Lipinski definition) is 7. The van der Waals surface area contributed by atoms with Gasteiger partial charge in [-0.3, -0.25) is 14.2 Å². The zero-order chi connectivity index (χ0) is 22.1. The van der Waals surface area contributed by atoms with Crippen LogP contribution < -0.4 is 11.0 Å². The molecule has 1 aliphatic rings. The largest absolute Gasteiger partial charge is 0.463 e. The third kappa shape index (κ3) is 4.11. The second-order valence-corrected chi connectivity index (χ2v) is 9.61. The lowest BCUT2D eigenvalue weighted by Gasteiger charge is -2.12. The Balaban J connectivity index is 1.46. The number of amides is 1. The maximum atomic E-state index is 13.6. The molecule has 1 aliphatic carbocycles. The second kappa shape index (κ2) is 8.93. The summed E-state index contributed by atoms with van der Waals surface area (Å²) in [5.41, 5.74) is 4.12. The van der Waals surface area contributed by atoms with Gasteiger partial charge >= 0.3 is 0 Å². The van der Waals surface area contributed by atoms with E-state index in [1.165, 1.54) is 29.1 Å². The van der Waals surface area contributed by atoms with Crippen LogP contribution in [0.25, 0.3) is 15.9 Å². The van der Waals surface area contributed by atoms with E-state index in [0.717, 1.165) is 29.7 Å². The number of thiophene rings is 1. The van der Waals surface area contributed by atoms with Crippen molar-refractivity contribution in [3.8, 4) is 5.69 Å². The van der Waals surface area contributed by atoms with Gasteiger partial charge in [0.05, 0.1) is 29.3 Å². The molecular weight excluding hydrogens is 468 g/mol. The average Bonchev–Trinajstić information content (AvgIpc) is 3.51. The van der Waals surface area contributed by atoms with Gasteiger partial charge in [-0.05, 0) is 61.2 Å². The molecule has 0 unspecified atom stereocenters. The Labute approximate surface area is 196 Å². The lowest BCUT2D eigenvalue weighted by molar-refractivity contribution is -0.118. The number of aryl methyl sites for hydroxylation is 2. The summed E-state index contributed by atoms with van der Waals surface area (Å²) in [4.78, 5) is 32.6. The highest BCUT2D eigenvalue weighted by atomic mass is 35.5. The van der Waals surface area contributed by atoms with Crippen molar-refractivity contribution in [1.29, 1.82) is 0 Å². The number of rotatable bonds is 6. The van der Waals surface area contributed by atoms with Gasteiger partial charge < -0.3 is 4.42 Å². The molecule has 0 saturated heterocycles. The Morgan fingerprint density at radius 2 is 2.16 bits per heavy atom. The fourth-order valence-corrected chi connectivity index (χ4v) is 5.87. The molecule has 1 amide bonds. The van der Waals surface area contributed by atoms with E-state index in [1.54, 1.807) is 52.3 Å². The molecule has 0 fully saturated rings. The standard InChI is InChI=1S/C22H17ClN4O3S2/c23-13-6-8-14(9-7-13)27-21(29)19-16-4-1-5-17(16)32-20(19)25-22(27)31-12-18(28)26-24-11-15-3-2-10-30-15/h2-3,6-11H,1,4-5,12H2,(H,26,28). The highest BCUT2D eigenvalue weighted by molar-refractivity contribution is 7.99. The predicted molar refractivity (Wildman–Crippen MR) is 127 cm³/mol. The van der Waals surface area contributed by atoms with Crippen LogP contribution in [0.15, 0.2) is 62.1 Å². The van der Waals surface area contributed by atoms with Gasteiger partial charge in [0.2, 0.25) is 0 Å². The smallest absolute Gasteiger partial charge is 0.267 e. The molecular formula is C22H17ClN4O3S2. The van der Waals surface area contributed by atoms with Gasteiger partial charge in [-0.15, -0.1) is 11.3 Å². The van der Waals surface area contributed by atoms with Crippen molar-refractivity contribution in [2.24, 2.45) is 5.10 Å². The predicted octanol–water partition coefficient (Wildman–Crippen LogP) is 4.42. The van der Waals surface area contributed by atoms with Crippen molar-refractivity contribution in [2.45, 2.75) is 24.4 Å². The van der Waals surface area contributed by atoms with Crippen molar-refractivity contribution >= 4 is 57.0 Å². The molecule has 32 heavy (non-hydrogen) atoms. The van der Waals surface area contributed by atoms with E-state index in [1.807, 2.05) is 0 Å². The number of carbonyl (C=O) groups excluding carboxylic acids is 1. The van der Waals surface area contributed by atoms with Crippen LogP contribution in [-0.2, 0) is 17.6 Å². The van der Waals surface area contributed by atoms with E-state index in [4.69, 9.17) is 21.0 Å². The summed E-state index contributed by atoms with van der Waals surface area (Å²) < 4.78 is 6.70. The van der Waals surface area contributed by atoms with Crippen LogP contribution in [0, 0.1) is 0 Å². The van der Waals surface area contributed by atoms with Gasteiger partial charge in [-0.1, -0.05) is 23.4 Å². The van der Waals surface area contributed by atoms with Gasteiger partial charge in [0, 0.05) is 9.90 Å². The van der Waals surface area contributed by atoms with Crippen LogP contribution in [0.2, 0.25) is 5.02 Å². The summed E-state index contributed by atoms with van der Waals surface area (Å²) >= 11 is 8.80. The second-order valence-electron chi connectivity index (χ2n) is 7.15. The maximum Gasteiger partial charge on any atom is 0.267 e. The van der Waals surface area contributed by atoms with E-state index < -0.39 is 0 Å². The molecule has 0 spiro atoms. The quantitative estimate of drug-likeness (QED) is 0.189. The molecule has 0 saturated carbocycles. The number of aromatic nitrogens is 2. The van der Waals surface area contributed by atoms with Crippen LogP contribution in [0.3, 0.4) is 0 Å². The lowest BCUT2D eigenvalue weighted by Crippen LogP contribution is -2.24. The summed E-state index contributed by atoms with van der Waals surface area (Å²) in [6.45, 7) is 0. The SMILES string of the molecule is O=C(CSc1nc2sc3c(c2c(=O)n1-c1ccc(Cl)cc1)CCC3)NN=Cc1ccco1. The number of nitrogens with one attached hydrogen (secondary N) is 1. The van der Waals surface area contributed by atoms with Crippen molar-refractivity contribution < 1.29 is 9.21 Å². The third-order valence-corrected chi connectivity index (χ3v) is 7.43. The van der Waals surface area contributed by atoms with E-state index >= 15 is 0 Å². The average molecular weight is 485 g/mol. The van der Waals surface area contributed by atoms with E-state index in [9.17, 15) is 9.59 Å². The van der Waals surface area contributed by atoms with Crippen LogP contribution in [0.1, 0.15) is 22.6 Å². The molecule has 0 atom stereocenters. The Morgan fingerprint density at radius 1 is 1.31 bits per heavy atom. The first-order valence-electron chi connectivity index (χ1n) is 9.91. The van der Waals surface area contributed by atoms with Crippen LogP contribution in [0.4, 0.5) is 0 Å². The molecule has 0 bridgehead atoms. The molecule has 162 valence electrons. The Bertz CT molecular complexity index is 1380. The fourth-order valence-electron chi connectivity index (χ4n) is 3.63. The number of benzene rings is 1. The molecule has 1 N–H and O–H groups in total. The minimum absolute atomic E-state index is 0.0477. The first-order valence-corrected chi connectivity index (χ1v) is 12.1. The number of fused-ring (bicyclic) bond motifs is 3. The first kappa shape index (κ1) is 21.0. The van der Waals surface area contributed by atoms with Gasteiger partial charge in [0.25, 0.3) is 11.5 Å². The number of carbonyl (C=O) groups is 1. The fraction of sp³-hybridized carbons (Fsp3) is 0.182. The third-order valence-electron chi connectivity index (χ3n) is 5.05. The first-order chi connectivity index (χ1) is 15.6. The molecule has 0 aliphatic heterocycles. The van der Waals surface area contributed by atoms with Crippen molar-refractivity contribution in [3.63, 3.8) is 0 Å². The molecule has 10 heteroatoms. The molecule has 1 aromatic carbocycles. The molecule has 3 aromatic heterocycles. The zero-order valence-electron chi connectivity index (χ0n) is 16.7. The van der Waals surface area contributed by atoms with E-state index in [-0.39, 0.29) is 17.2 Å². The van der Waals surface area contributed by atoms with Gasteiger partial charge in [-0.25, -0.2) is 10.4 Å². The molecule has 4 aromatic rings. The normalized spacial score (nSPS) is 13.2. The maximum absolute atomic E-state index is 13.6. The minimum Gasteiger partial charge on any atom is -0.463 e. The van der Waals surface area contributed by atoms with Gasteiger partial charge in [-0.2, -0.15) is 5.10 Å². The highest BCUT2D eigenvalue weighted by Gasteiger charge is 2.24. The van der Waals surface area contributed by atoms with Crippen LogP contribution >= 0.6 is 34.7 Å². The number of halogens is 1. The van der Waals surface area contributed by atoms with Crippen molar-refractivity contribution in [1.82, 2.24) is 15.0 Å². The Kier molecular flexibility index (Phi) is 5.86. The Morgan fingerprint density at radius 3 is 2.94 bits per heavy atom. The zero-order valence-corrected chi connectivity index (χ0v) is 19.1.